The molecule has 0 spiro atoms. The normalized spacial score (nSPS) is 16.3. The minimum Gasteiger partial charge on any atom is -0.367 e. The third kappa shape index (κ3) is 4.64. The van der Waals surface area contributed by atoms with E-state index >= 15 is 0 Å². The van der Waals surface area contributed by atoms with Gasteiger partial charge in [-0.3, -0.25) is 9.59 Å². The van der Waals surface area contributed by atoms with E-state index < -0.39 is 0 Å². The van der Waals surface area contributed by atoms with Crippen molar-refractivity contribution in [1.29, 1.82) is 5.41 Å². The van der Waals surface area contributed by atoms with Crippen LogP contribution >= 0.6 is 0 Å². The van der Waals surface area contributed by atoms with Gasteiger partial charge in [-0.15, -0.1) is 0 Å². The summed E-state index contributed by atoms with van der Waals surface area (Å²) in [5.74, 6) is 0.131. The molecule has 1 aliphatic heterocycles. The molecule has 0 aliphatic carbocycles. The number of pyridine rings is 2. The van der Waals surface area contributed by atoms with Crippen LogP contribution in [0.2, 0.25) is 0 Å². The van der Waals surface area contributed by atoms with Crippen molar-refractivity contribution in [2.75, 3.05) is 17.2 Å². The van der Waals surface area contributed by atoms with Crippen LogP contribution in [0.25, 0.3) is 11.0 Å². The summed E-state index contributed by atoms with van der Waals surface area (Å²) >= 11 is 0. The molecule has 4 rings (SSSR count). The van der Waals surface area contributed by atoms with E-state index in [1.807, 2.05) is 23.6 Å². The number of anilines is 2. The zero-order valence-electron chi connectivity index (χ0n) is 19.8. The van der Waals surface area contributed by atoms with Crippen LogP contribution in [-0.4, -0.2) is 45.2 Å². The number of hydrogen-bond acceptors (Lipinski definition) is 6. The van der Waals surface area contributed by atoms with E-state index in [0.717, 1.165) is 31.1 Å². The van der Waals surface area contributed by atoms with E-state index in [-0.39, 0.29) is 29.6 Å². The van der Waals surface area contributed by atoms with Crippen molar-refractivity contribution in [1.82, 2.24) is 19.9 Å². The third-order valence-corrected chi connectivity index (χ3v) is 6.24. The molecule has 3 aromatic rings. The SMILES string of the molecule is CCCC(CC)Nc1ncc(NC(=O)c2ccc3cc4n(c3n2)C(C)CCNC4=O)cc1C=N. The second kappa shape index (κ2) is 10.0. The predicted molar refractivity (Wildman–Crippen MR) is 134 cm³/mol. The monoisotopic (exact) mass is 461 g/mol. The molecule has 0 saturated heterocycles. The topological polar surface area (TPSA) is 125 Å². The first-order chi connectivity index (χ1) is 16.4. The molecule has 178 valence electrons. The van der Waals surface area contributed by atoms with Crippen molar-refractivity contribution >= 4 is 40.6 Å². The van der Waals surface area contributed by atoms with Gasteiger partial charge in [0.25, 0.3) is 11.8 Å². The summed E-state index contributed by atoms with van der Waals surface area (Å²) in [4.78, 5) is 34.5. The number of carbonyl (C=O) groups excluding carboxylic acids is 2. The lowest BCUT2D eigenvalue weighted by Gasteiger charge is -2.18. The lowest BCUT2D eigenvalue weighted by atomic mass is 10.1. The number of nitrogens with zero attached hydrogens (tertiary/aromatic N) is 3. The Morgan fingerprint density at radius 1 is 1.35 bits per heavy atom. The van der Waals surface area contributed by atoms with Crippen molar-refractivity contribution in [2.24, 2.45) is 0 Å². The lowest BCUT2D eigenvalue weighted by Crippen LogP contribution is -2.22. The Kier molecular flexibility index (Phi) is 6.90. The fourth-order valence-electron chi connectivity index (χ4n) is 4.35. The summed E-state index contributed by atoms with van der Waals surface area (Å²) in [5, 5.41) is 17.7. The highest BCUT2D eigenvalue weighted by Gasteiger charge is 2.24. The standard InChI is InChI=1S/C25H31N7O2/c1-4-6-18(5-2)29-22-17(13-26)11-19(14-28-22)30-24(33)20-8-7-16-12-21-25(34)27-10-9-15(3)32(21)23(16)31-20/h7-8,11-15,18,26H,4-6,9-10H2,1-3H3,(H,27,34)(H,28,29)(H,30,33). The summed E-state index contributed by atoms with van der Waals surface area (Å²) < 4.78 is 1.91. The highest BCUT2D eigenvalue weighted by atomic mass is 16.2. The maximum absolute atomic E-state index is 13.0. The smallest absolute Gasteiger partial charge is 0.274 e. The average molecular weight is 462 g/mol. The minimum absolute atomic E-state index is 0.0799. The molecule has 1 aliphatic rings. The van der Waals surface area contributed by atoms with E-state index in [9.17, 15) is 9.59 Å². The number of nitrogens with one attached hydrogen (secondary N) is 4. The molecule has 2 amide bonds. The Morgan fingerprint density at radius 3 is 2.91 bits per heavy atom. The molecular formula is C25H31N7O2. The van der Waals surface area contributed by atoms with Crippen LogP contribution in [0.5, 0.6) is 0 Å². The van der Waals surface area contributed by atoms with Gasteiger partial charge < -0.3 is 25.9 Å². The Bertz CT molecular complexity index is 1230. The molecule has 0 aromatic carbocycles. The van der Waals surface area contributed by atoms with Gasteiger partial charge >= 0.3 is 0 Å². The fourth-order valence-corrected chi connectivity index (χ4v) is 4.35. The molecular weight excluding hydrogens is 430 g/mol. The number of carbonyl (C=O) groups is 2. The lowest BCUT2D eigenvalue weighted by molar-refractivity contribution is 0.0950. The van der Waals surface area contributed by atoms with Gasteiger partial charge in [0.1, 0.15) is 22.9 Å². The third-order valence-electron chi connectivity index (χ3n) is 6.24. The van der Waals surface area contributed by atoms with Crippen LogP contribution in [0.4, 0.5) is 11.5 Å². The van der Waals surface area contributed by atoms with E-state index in [2.05, 4.69) is 39.8 Å². The summed E-state index contributed by atoms with van der Waals surface area (Å²) in [6.07, 6.45) is 6.65. The quantitative estimate of drug-likeness (QED) is 0.371. The van der Waals surface area contributed by atoms with Crippen molar-refractivity contribution in [2.45, 2.75) is 58.5 Å². The Labute approximate surface area is 198 Å². The molecule has 3 aromatic heterocycles. The predicted octanol–water partition coefficient (Wildman–Crippen LogP) is 4.37. The van der Waals surface area contributed by atoms with Gasteiger partial charge in [0, 0.05) is 35.8 Å². The van der Waals surface area contributed by atoms with Crippen LogP contribution < -0.4 is 16.0 Å². The average Bonchev–Trinajstić information content (AvgIpc) is 3.16. The molecule has 0 radical (unpaired) electrons. The first-order valence-electron chi connectivity index (χ1n) is 11.8. The van der Waals surface area contributed by atoms with Gasteiger partial charge in [0.2, 0.25) is 0 Å². The van der Waals surface area contributed by atoms with E-state index in [1.54, 1.807) is 18.3 Å². The molecule has 4 N–H and O–H groups in total. The molecule has 34 heavy (non-hydrogen) atoms. The molecule has 0 fully saturated rings. The van der Waals surface area contributed by atoms with Gasteiger partial charge in [0.05, 0.1) is 11.9 Å². The van der Waals surface area contributed by atoms with Crippen molar-refractivity contribution in [3.63, 3.8) is 0 Å². The van der Waals surface area contributed by atoms with Gasteiger partial charge in [-0.25, -0.2) is 9.97 Å². The molecule has 2 unspecified atom stereocenters. The van der Waals surface area contributed by atoms with E-state index in [1.165, 1.54) is 6.21 Å². The number of rotatable bonds is 8. The van der Waals surface area contributed by atoms with Crippen molar-refractivity contribution in [3.8, 4) is 0 Å². The first-order valence-corrected chi connectivity index (χ1v) is 11.8. The van der Waals surface area contributed by atoms with Gasteiger partial charge in [0.15, 0.2) is 0 Å². The molecule has 0 saturated carbocycles. The summed E-state index contributed by atoms with van der Waals surface area (Å²) in [6, 6.07) is 7.37. The van der Waals surface area contributed by atoms with Gasteiger partial charge in [-0.1, -0.05) is 20.3 Å². The first kappa shape index (κ1) is 23.4. The molecule has 0 bridgehead atoms. The highest BCUT2D eigenvalue weighted by Crippen LogP contribution is 2.27. The van der Waals surface area contributed by atoms with Gasteiger partial charge in [-0.2, -0.15) is 0 Å². The number of fused-ring (bicyclic) bond motifs is 3. The molecule has 9 nitrogen and oxygen atoms in total. The number of amides is 2. The Hall–Kier alpha value is -3.75. The maximum atomic E-state index is 13.0. The van der Waals surface area contributed by atoms with Crippen molar-refractivity contribution in [3.05, 3.63) is 47.4 Å². The maximum Gasteiger partial charge on any atom is 0.274 e. The van der Waals surface area contributed by atoms with Crippen LogP contribution in [0.3, 0.4) is 0 Å². The molecule has 4 heterocycles. The zero-order valence-corrected chi connectivity index (χ0v) is 19.8. The summed E-state index contributed by atoms with van der Waals surface area (Å²) in [7, 11) is 0. The minimum atomic E-state index is -0.376. The number of hydrogen-bond donors (Lipinski definition) is 4. The second-order valence-electron chi connectivity index (χ2n) is 8.70. The second-order valence-corrected chi connectivity index (χ2v) is 8.70. The van der Waals surface area contributed by atoms with Crippen LogP contribution in [0.15, 0.2) is 30.5 Å². The summed E-state index contributed by atoms with van der Waals surface area (Å²) in [6.45, 7) is 6.91. The van der Waals surface area contributed by atoms with E-state index in [0.29, 0.717) is 35.0 Å². The van der Waals surface area contributed by atoms with E-state index in [4.69, 9.17) is 5.41 Å². The largest absolute Gasteiger partial charge is 0.367 e. The van der Waals surface area contributed by atoms with Crippen LogP contribution in [0.1, 0.15) is 79.0 Å². The zero-order chi connectivity index (χ0) is 24.2. The number of aromatic nitrogens is 3. The Balaban J connectivity index is 1.58. The molecule has 2 atom stereocenters. The van der Waals surface area contributed by atoms with Crippen molar-refractivity contribution < 1.29 is 9.59 Å². The van der Waals surface area contributed by atoms with Crippen LogP contribution in [-0.2, 0) is 0 Å². The van der Waals surface area contributed by atoms with Crippen LogP contribution in [0, 0.1) is 5.41 Å². The molecule has 9 heteroatoms. The van der Waals surface area contributed by atoms with Gasteiger partial charge in [-0.05, 0) is 50.5 Å². The highest BCUT2D eigenvalue weighted by molar-refractivity contribution is 6.05. The fraction of sp³-hybridized carbons (Fsp3) is 0.400. The summed E-state index contributed by atoms with van der Waals surface area (Å²) in [5.41, 5.74) is 2.51. The Morgan fingerprint density at radius 2 is 2.18 bits per heavy atom.